The van der Waals surface area contributed by atoms with Gasteiger partial charge in [-0.2, -0.15) is 0 Å². The van der Waals surface area contributed by atoms with E-state index in [0.29, 0.717) is 0 Å². The Bertz CT molecular complexity index is 42.7. The summed E-state index contributed by atoms with van der Waals surface area (Å²) >= 11 is 0. The number of hydrogen-bond donors (Lipinski definition) is 0. The van der Waals surface area contributed by atoms with Gasteiger partial charge in [0, 0.05) is 32.7 Å². The smallest absolute Gasteiger partial charge is 0.169 e. The number of hydrogen-bond acceptors (Lipinski definition) is 1. The van der Waals surface area contributed by atoms with Gasteiger partial charge in [0.2, 0.25) is 0 Å². The molecule has 0 aromatic carbocycles. The zero-order chi connectivity index (χ0) is 5.21. The summed E-state index contributed by atoms with van der Waals surface area (Å²) in [5.41, 5.74) is 0. The molecule has 0 N–H and O–H groups in total. The SMILES string of the molecule is C[Si](C)(C)O[SiH2].[Y]. The summed E-state index contributed by atoms with van der Waals surface area (Å²) in [6.45, 7) is 6.50. The standard InChI is InChI=1S/C3H11OSi2.Y/c1-6(2,3)4-5;/h5H2,1-3H3;. The van der Waals surface area contributed by atoms with E-state index < -0.39 is 8.32 Å². The van der Waals surface area contributed by atoms with Crippen LogP contribution in [-0.4, -0.2) is 18.8 Å². The monoisotopic (exact) mass is 208 g/mol. The van der Waals surface area contributed by atoms with Crippen molar-refractivity contribution >= 4 is 18.8 Å². The summed E-state index contributed by atoms with van der Waals surface area (Å²) in [6, 6.07) is 0. The van der Waals surface area contributed by atoms with E-state index in [1.807, 2.05) is 0 Å². The Morgan fingerprint density at radius 2 is 1.43 bits per heavy atom. The summed E-state index contributed by atoms with van der Waals surface area (Å²) in [7, 11) is 0.479. The Morgan fingerprint density at radius 3 is 1.43 bits per heavy atom. The zero-order valence-corrected chi connectivity index (χ0v) is 10.4. The molecule has 0 bridgehead atoms. The van der Waals surface area contributed by atoms with E-state index in [1.54, 1.807) is 10.5 Å². The fourth-order valence-corrected chi connectivity index (χ4v) is 0. The average Bonchev–Trinajstić information content (AvgIpc) is 1.35. The van der Waals surface area contributed by atoms with Crippen molar-refractivity contribution in [2.24, 2.45) is 0 Å². The van der Waals surface area contributed by atoms with Gasteiger partial charge in [0.15, 0.2) is 18.8 Å². The maximum atomic E-state index is 5.10. The third-order valence-corrected chi connectivity index (χ3v) is 3.90. The number of rotatable bonds is 1. The normalized spacial score (nSPS) is 10.3. The summed E-state index contributed by atoms with van der Waals surface area (Å²) < 4.78 is 5.10. The molecule has 0 aromatic rings. The van der Waals surface area contributed by atoms with Crippen LogP contribution < -0.4 is 0 Å². The summed E-state index contributed by atoms with van der Waals surface area (Å²) in [4.78, 5) is 0. The first-order valence-corrected chi connectivity index (χ1v) is 5.98. The van der Waals surface area contributed by atoms with E-state index in [-0.39, 0.29) is 32.7 Å². The first-order chi connectivity index (χ1) is 2.56. The van der Waals surface area contributed by atoms with Crippen molar-refractivity contribution in [1.29, 1.82) is 0 Å². The zero-order valence-electron chi connectivity index (χ0n) is 5.19. The van der Waals surface area contributed by atoms with Gasteiger partial charge in [0.05, 0.1) is 0 Å². The Hall–Kier alpha value is 1.50. The van der Waals surface area contributed by atoms with Crippen LogP contribution >= 0.6 is 0 Å². The van der Waals surface area contributed by atoms with Crippen LogP contribution in [0.1, 0.15) is 0 Å². The average molecular weight is 208 g/mol. The van der Waals surface area contributed by atoms with Crippen molar-refractivity contribution < 1.29 is 36.8 Å². The molecule has 1 nitrogen and oxygen atoms in total. The minimum absolute atomic E-state index is 0. The Labute approximate surface area is 74.8 Å². The van der Waals surface area contributed by atoms with Gasteiger partial charge in [-0.15, -0.1) is 0 Å². The van der Waals surface area contributed by atoms with Gasteiger partial charge in [-0.3, -0.25) is 0 Å². The second-order valence-electron chi connectivity index (χ2n) is 2.26. The summed E-state index contributed by atoms with van der Waals surface area (Å²) in [5.74, 6) is 0. The van der Waals surface area contributed by atoms with E-state index in [1.165, 1.54) is 0 Å². The van der Waals surface area contributed by atoms with E-state index in [0.717, 1.165) is 0 Å². The summed E-state index contributed by atoms with van der Waals surface area (Å²) in [6.07, 6.45) is 0. The molecule has 0 aromatic heterocycles. The van der Waals surface area contributed by atoms with E-state index in [9.17, 15) is 0 Å². The molecule has 0 rings (SSSR count). The fraction of sp³-hybridized carbons (Fsp3) is 1.00. The quantitative estimate of drug-likeness (QED) is 0.566. The molecule has 0 unspecified atom stereocenters. The van der Waals surface area contributed by atoms with E-state index in [2.05, 4.69) is 19.6 Å². The van der Waals surface area contributed by atoms with Gasteiger partial charge in [-0.25, -0.2) is 0 Å². The van der Waals surface area contributed by atoms with Crippen LogP contribution in [0.2, 0.25) is 19.6 Å². The van der Waals surface area contributed by atoms with Gasteiger partial charge < -0.3 is 4.12 Å². The molecule has 40 valence electrons. The van der Waals surface area contributed by atoms with Gasteiger partial charge in [-0.05, 0) is 19.6 Å². The molecule has 4 heteroatoms. The van der Waals surface area contributed by atoms with Crippen LogP contribution in [0.3, 0.4) is 0 Å². The van der Waals surface area contributed by atoms with Crippen molar-refractivity contribution in [2.75, 3.05) is 0 Å². The van der Waals surface area contributed by atoms with Crippen molar-refractivity contribution in [3.63, 3.8) is 0 Å². The molecule has 0 aliphatic rings. The molecule has 0 saturated carbocycles. The molecule has 0 spiro atoms. The first-order valence-electron chi connectivity index (χ1n) is 1.99. The minimum Gasteiger partial charge on any atom is -0.461 e. The van der Waals surface area contributed by atoms with Crippen molar-refractivity contribution in [1.82, 2.24) is 0 Å². The van der Waals surface area contributed by atoms with Gasteiger partial charge in [-0.1, -0.05) is 0 Å². The molecule has 0 saturated heterocycles. The fourth-order valence-electron chi connectivity index (χ4n) is 0. The third-order valence-electron chi connectivity index (χ3n) is 0.433. The molecule has 0 aliphatic heterocycles. The van der Waals surface area contributed by atoms with Crippen molar-refractivity contribution in [3.8, 4) is 0 Å². The minimum atomic E-state index is -1.12. The maximum Gasteiger partial charge on any atom is 0.169 e. The van der Waals surface area contributed by atoms with Crippen molar-refractivity contribution in [2.45, 2.75) is 19.6 Å². The Kier molecular flexibility index (Phi) is 7.09. The topological polar surface area (TPSA) is 9.23 Å². The molecule has 2 radical (unpaired) electrons. The van der Waals surface area contributed by atoms with Crippen LogP contribution in [0.4, 0.5) is 0 Å². The predicted molar refractivity (Wildman–Crippen MR) is 33.0 cm³/mol. The Balaban J connectivity index is 0. The molecular weight excluding hydrogens is 197 g/mol. The molecule has 0 aliphatic carbocycles. The first kappa shape index (κ1) is 11.3. The summed E-state index contributed by atoms with van der Waals surface area (Å²) in [5, 5.41) is 0. The molecule has 0 heterocycles. The van der Waals surface area contributed by atoms with Crippen LogP contribution in [0.15, 0.2) is 0 Å². The third kappa shape index (κ3) is 11.2. The van der Waals surface area contributed by atoms with Crippen LogP contribution in [0.5, 0.6) is 0 Å². The van der Waals surface area contributed by atoms with Gasteiger partial charge in [0.25, 0.3) is 0 Å². The second-order valence-corrected chi connectivity index (χ2v) is 7.64. The molecule has 7 heavy (non-hydrogen) atoms. The van der Waals surface area contributed by atoms with E-state index in [4.69, 9.17) is 4.12 Å². The second kappa shape index (κ2) is 4.38. The molecular formula is C3H11OSi2Y. The van der Waals surface area contributed by atoms with Gasteiger partial charge >= 0.3 is 0 Å². The van der Waals surface area contributed by atoms with Gasteiger partial charge in [0.1, 0.15) is 0 Å². The maximum absolute atomic E-state index is 5.10. The molecule has 0 amide bonds. The Morgan fingerprint density at radius 1 is 1.29 bits per heavy atom. The van der Waals surface area contributed by atoms with Crippen LogP contribution in [0, 0.1) is 0 Å². The molecule has 0 fully saturated rings. The van der Waals surface area contributed by atoms with Crippen LogP contribution in [0.25, 0.3) is 0 Å². The van der Waals surface area contributed by atoms with Crippen LogP contribution in [-0.2, 0) is 36.8 Å². The van der Waals surface area contributed by atoms with Crippen molar-refractivity contribution in [3.05, 3.63) is 0 Å². The van der Waals surface area contributed by atoms with E-state index >= 15 is 0 Å². The molecule has 0 atom stereocenters. The predicted octanol–water partition coefficient (Wildman–Crippen LogP) is 0.383. The largest absolute Gasteiger partial charge is 0.461 e.